The van der Waals surface area contributed by atoms with Gasteiger partial charge in [-0.2, -0.15) is 0 Å². The third-order valence-electron chi connectivity index (χ3n) is 7.19. The van der Waals surface area contributed by atoms with Crippen molar-refractivity contribution in [1.82, 2.24) is 4.57 Å². The first-order chi connectivity index (χ1) is 22.6. The number of thiazole rings is 1. The van der Waals surface area contributed by atoms with Gasteiger partial charge in [0.25, 0.3) is 5.56 Å². The average Bonchev–Trinajstić information content (AvgIpc) is 3.34. The Morgan fingerprint density at radius 1 is 0.957 bits per heavy atom. The van der Waals surface area contributed by atoms with Gasteiger partial charge in [-0.15, -0.1) is 0 Å². The molecule has 0 spiro atoms. The van der Waals surface area contributed by atoms with E-state index in [9.17, 15) is 14.4 Å². The van der Waals surface area contributed by atoms with E-state index >= 15 is 0 Å². The van der Waals surface area contributed by atoms with Crippen LogP contribution in [0.15, 0.2) is 86.2 Å². The molecule has 0 amide bonds. The molecule has 1 aliphatic rings. The first-order valence-corrected chi connectivity index (χ1v) is 17.6. The number of benzene rings is 3. The lowest BCUT2D eigenvalue weighted by Crippen LogP contribution is -2.39. The van der Waals surface area contributed by atoms with Gasteiger partial charge in [0.15, 0.2) is 4.80 Å². The molecule has 47 heavy (non-hydrogen) atoms. The van der Waals surface area contributed by atoms with Gasteiger partial charge >= 0.3 is 11.9 Å². The molecular weight excluding hydrogens is 799 g/mol. The smallest absolute Gasteiger partial charge is 0.338 e. The molecule has 1 aliphatic heterocycles. The second kappa shape index (κ2) is 15.4. The van der Waals surface area contributed by atoms with Gasteiger partial charge in [-0.05, 0) is 125 Å². The Kier molecular flexibility index (Phi) is 11.4. The first-order valence-electron chi connectivity index (χ1n) is 14.9. The van der Waals surface area contributed by atoms with Gasteiger partial charge in [-0.3, -0.25) is 9.36 Å². The van der Waals surface area contributed by atoms with E-state index in [2.05, 4.69) is 43.5 Å². The van der Waals surface area contributed by atoms with Crippen molar-refractivity contribution in [2.75, 3.05) is 19.8 Å². The van der Waals surface area contributed by atoms with Crippen LogP contribution in [0.2, 0.25) is 0 Å². The zero-order chi connectivity index (χ0) is 33.7. The predicted molar refractivity (Wildman–Crippen MR) is 192 cm³/mol. The van der Waals surface area contributed by atoms with Gasteiger partial charge in [-0.1, -0.05) is 35.6 Å². The summed E-state index contributed by atoms with van der Waals surface area (Å²) in [6.07, 6.45) is 1.81. The number of carbonyl (C=O) groups is 2. The third kappa shape index (κ3) is 7.71. The van der Waals surface area contributed by atoms with Gasteiger partial charge < -0.3 is 18.9 Å². The van der Waals surface area contributed by atoms with Crippen LogP contribution in [0, 0.1) is 3.57 Å². The largest absolute Gasteiger partial charge is 0.494 e. The fourth-order valence-electron chi connectivity index (χ4n) is 5.08. The van der Waals surface area contributed by atoms with Gasteiger partial charge in [0.05, 0.1) is 55.3 Å². The average molecular weight is 832 g/mol. The molecule has 0 N–H and O–H groups in total. The first kappa shape index (κ1) is 34.6. The second-order valence-electron chi connectivity index (χ2n) is 10.3. The Balaban J connectivity index is 1.47. The summed E-state index contributed by atoms with van der Waals surface area (Å²) in [5, 5.41) is 0. The van der Waals surface area contributed by atoms with Crippen molar-refractivity contribution in [3.63, 3.8) is 0 Å². The van der Waals surface area contributed by atoms with Crippen LogP contribution in [-0.4, -0.2) is 36.3 Å². The van der Waals surface area contributed by atoms with Crippen molar-refractivity contribution in [2.45, 2.75) is 40.3 Å². The fraction of sp³-hybridized carbons (Fsp3) is 0.257. The quantitative estimate of drug-likeness (QED) is 0.129. The molecule has 1 atom stereocenters. The molecule has 12 heteroatoms. The topological polar surface area (TPSA) is 105 Å². The zero-order valence-electron chi connectivity index (χ0n) is 26.2. The normalized spacial score (nSPS) is 14.3. The van der Waals surface area contributed by atoms with E-state index in [1.807, 2.05) is 61.5 Å². The minimum absolute atomic E-state index is 0.199. The summed E-state index contributed by atoms with van der Waals surface area (Å²) < 4.78 is 25.8. The number of fused-ring (bicyclic) bond motifs is 1. The van der Waals surface area contributed by atoms with E-state index < -0.39 is 12.0 Å². The van der Waals surface area contributed by atoms with Crippen molar-refractivity contribution in [2.24, 2.45) is 4.99 Å². The maximum absolute atomic E-state index is 14.0. The van der Waals surface area contributed by atoms with Gasteiger partial charge in [0, 0.05) is 0 Å². The summed E-state index contributed by atoms with van der Waals surface area (Å²) in [5.74, 6) is 0.484. The maximum atomic E-state index is 14.0. The number of hydrogen-bond acceptors (Lipinski definition) is 9. The van der Waals surface area contributed by atoms with Crippen LogP contribution < -0.4 is 24.4 Å². The lowest BCUT2D eigenvalue weighted by Gasteiger charge is -2.24. The molecule has 1 aromatic heterocycles. The van der Waals surface area contributed by atoms with Gasteiger partial charge in [0.1, 0.15) is 18.1 Å². The number of ether oxygens (including phenoxy) is 4. The highest BCUT2D eigenvalue weighted by molar-refractivity contribution is 14.1. The molecule has 0 radical (unpaired) electrons. The van der Waals surface area contributed by atoms with Crippen LogP contribution in [0.4, 0.5) is 0 Å². The van der Waals surface area contributed by atoms with Crippen LogP contribution in [0.25, 0.3) is 6.08 Å². The summed E-state index contributed by atoms with van der Waals surface area (Å²) in [6, 6.07) is 17.6. The fourth-order valence-corrected chi connectivity index (χ4v) is 7.89. The van der Waals surface area contributed by atoms with E-state index in [4.69, 9.17) is 18.9 Å². The third-order valence-corrected chi connectivity index (χ3v) is 9.56. The van der Waals surface area contributed by atoms with E-state index in [0.717, 1.165) is 24.7 Å². The molecule has 2 heterocycles. The van der Waals surface area contributed by atoms with Crippen molar-refractivity contribution in [1.29, 1.82) is 0 Å². The van der Waals surface area contributed by atoms with Crippen molar-refractivity contribution in [3.8, 4) is 11.5 Å². The van der Waals surface area contributed by atoms with Crippen LogP contribution >= 0.6 is 49.9 Å². The van der Waals surface area contributed by atoms with E-state index in [0.29, 0.717) is 57.5 Å². The number of esters is 2. The number of carbonyl (C=O) groups excluding carboxylic acids is 2. The summed E-state index contributed by atoms with van der Waals surface area (Å²) in [7, 11) is 0. The van der Waals surface area contributed by atoms with Gasteiger partial charge in [-0.25, -0.2) is 14.6 Å². The molecule has 0 fully saturated rings. The monoisotopic (exact) mass is 830 g/mol. The zero-order valence-corrected chi connectivity index (χ0v) is 30.7. The Morgan fingerprint density at radius 2 is 1.64 bits per heavy atom. The SMILES string of the molecule is CCOC(=O)C1=C(C)N=c2s/c(=C\c3cc(Br)c(OCc4ccc(C(=O)OCC)cc4)c(I)c3)c(=O)n2[C@@H]1c1ccc(OCC)cc1. The highest BCUT2D eigenvalue weighted by Gasteiger charge is 2.33. The number of halogens is 2. The molecule has 0 unspecified atom stereocenters. The van der Waals surface area contributed by atoms with Crippen LogP contribution in [-0.2, 0) is 20.9 Å². The Bertz CT molecular complexity index is 2000. The lowest BCUT2D eigenvalue weighted by molar-refractivity contribution is -0.139. The maximum Gasteiger partial charge on any atom is 0.338 e. The lowest BCUT2D eigenvalue weighted by atomic mass is 9.96. The summed E-state index contributed by atoms with van der Waals surface area (Å²) >= 11 is 7.10. The Morgan fingerprint density at radius 3 is 2.28 bits per heavy atom. The van der Waals surface area contributed by atoms with E-state index in [-0.39, 0.29) is 18.1 Å². The summed E-state index contributed by atoms with van der Waals surface area (Å²) in [6.45, 7) is 8.52. The molecule has 4 aromatic rings. The Labute approximate surface area is 297 Å². The standard InChI is InChI=1S/C35H32BrIN2O7S/c1-5-43-25-14-12-23(13-15-25)30-29(34(42)45-7-3)20(4)38-35-39(30)32(40)28(47-35)18-22-16-26(36)31(27(37)17-22)46-19-21-8-10-24(11-9-21)33(41)44-6-2/h8-18,30H,5-7,19H2,1-4H3/b28-18-/t30-/m1/s1. The van der Waals surface area contributed by atoms with E-state index in [1.54, 1.807) is 37.5 Å². The molecule has 0 saturated heterocycles. The predicted octanol–water partition coefficient (Wildman–Crippen LogP) is 6.32. The highest BCUT2D eigenvalue weighted by atomic mass is 127. The second-order valence-corrected chi connectivity index (χ2v) is 13.3. The summed E-state index contributed by atoms with van der Waals surface area (Å²) in [4.78, 5) is 44.3. The van der Waals surface area contributed by atoms with Crippen LogP contribution in [0.1, 0.15) is 60.8 Å². The van der Waals surface area contributed by atoms with Crippen molar-refractivity contribution >= 4 is 67.9 Å². The minimum atomic E-state index is -0.711. The number of aromatic nitrogens is 1. The minimum Gasteiger partial charge on any atom is -0.494 e. The molecule has 0 saturated carbocycles. The molecular formula is C35H32BrIN2O7S. The number of nitrogens with zero attached hydrogens (tertiary/aromatic N) is 2. The molecule has 3 aromatic carbocycles. The summed E-state index contributed by atoms with van der Waals surface area (Å²) in [5.41, 5.74) is 3.47. The van der Waals surface area contributed by atoms with Crippen LogP contribution in [0.5, 0.6) is 11.5 Å². The number of hydrogen-bond donors (Lipinski definition) is 0. The Hall–Kier alpha value is -3.75. The number of rotatable bonds is 11. The van der Waals surface area contributed by atoms with Crippen molar-refractivity contribution in [3.05, 3.63) is 122 Å². The molecule has 244 valence electrons. The highest BCUT2D eigenvalue weighted by Crippen LogP contribution is 2.34. The molecule has 0 aliphatic carbocycles. The van der Waals surface area contributed by atoms with Crippen molar-refractivity contribution < 1.29 is 28.5 Å². The molecule has 5 rings (SSSR count). The molecule has 9 nitrogen and oxygen atoms in total. The van der Waals surface area contributed by atoms with Gasteiger partial charge in [0.2, 0.25) is 0 Å². The van der Waals surface area contributed by atoms with Crippen LogP contribution in [0.3, 0.4) is 0 Å². The van der Waals surface area contributed by atoms with E-state index in [1.165, 1.54) is 11.3 Å². The number of allylic oxidation sites excluding steroid dienone is 1. The molecule has 0 bridgehead atoms.